The van der Waals surface area contributed by atoms with Crippen molar-refractivity contribution in [3.05, 3.63) is 71.1 Å². The molecule has 11 heteroatoms. The number of nitriles is 1. The summed E-state index contributed by atoms with van der Waals surface area (Å²) in [7, 11) is 0. The van der Waals surface area contributed by atoms with E-state index in [9.17, 15) is 19.2 Å². The zero-order valence-corrected chi connectivity index (χ0v) is 25.6. The molecule has 2 fully saturated rings. The Morgan fingerprint density at radius 1 is 0.955 bits per heavy atom. The van der Waals surface area contributed by atoms with Crippen molar-refractivity contribution >= 4 is 45.2 Å². The molecule has 1 saturated carbocycles. The first kappa shape index (κ1) is 31.2. The highest BCUT2D eigenvalue weighted by Gasteiger charge is 2.46. The van der Waals surface area contributed by atoms with Crippen molar-refractivity contribution in [1.82, 2.24) is 25.3 Å². The maximum Gasteiger partial charge on any atom is 0.324 e. The Morgan fingerprint density at radius 2 is 1.66 bits per heavy atom. The average molecular weight is 615 g/mol. The number of amides is 5. The van der Waals surface area contributed by atoms with Crippen LogP contribution in [0.5, 0.6) is 0 Å². The molecule has 2 heterocycles. The van der Waals surface area contributed by atoms with Gasteiger partial charge in [-0.05, 0) is 42.3 Å². The lowest BCUT2D eigenvalue weighted by molar-refractivity contribution is -0.134. The van der Waals surface area contributed by atoms with Gasteiger partial charge in [-0.1, -0.05) is 61.4 Å². The predicted molar refractivity (Wildman–Crippen MR) is 169 cm³/mol. The SMILES string of the molecule is N#CCN1CCN(C(=O)CCNC(=O)N(CCc2ccccc2)C(=O)C2(NC(=O)c3cc4ccccc4s3)CCCC2)CC1. The summed E-state index contributed by atoms with van der Waals surface area (Å²) in [5.41, 5.74) is -0.196. The van der Waals surface area contributed by atoms with Crippen molar-refractivity contribution in [1.29, 1.82) is 5.26 Å². The number of nitrogens with one attached hydrogen (secondary N) is 2. The van der Waals surface area contributed by atoms with E-state index in [1.807, 2.05) is 65.6 Å². The van der Waals surface area contributed by atoms with Crippen LogP contribution in [0.1, 0.15) is 47.3 Å². The molecule has 1 aromatic heterocycles. The number of fused-ring (bicyclic) bond motifs is 1. The summed E-state index contributed by atoms with van der Waals surface area (Å²) >= 11 is 1.38. The first-order valence-corrected chi connectivity index (χ1v) is 16.0. The van der Waals surface area contributed by atoms with E-state index in [1.165, 1.54) is 16.2 Å². The van der Waals surface area contributed by atoms with E-state index < -0.39 is 17.5 Å². The van der Waals surface area contributed by atoms with Crippen molar-refractivity contribution in [3.8, 4) is 6.07 Å². The summed E-state index contributed by atoms with van der Waals surface area (Å²) in [6.45, 7) is 2.94. The zero-order chi connectivity index (χ0) is 30.9. The Labute approximate surface area is 261 Å². The van der Waals surface area contributed by atoms with Crippen LogP contribution in [0.25, 0.3) is 10.1 Å². The lowest BCUT2D eigenvalue weighted by atomic mass is 9.94. The van der Waals surface area contributed by atoms with Crippen molar-refractivity contribution in [2.45, 2.75) is 44.1 Å². The Balaban J connectivity index is 1.26. The molecule has 10 nitrogen and oxygen atoms in total. The quantitative estimate of drug-likeness (QED) is 0.335. The van der Waals surface area contributed by atoms with E-state index in [4.69, 9.17) is 5.26 Å². The van der Waals surface area contributed by atoms with E-state index in [0.717, 1.165) is 28.5 Å². The number of nitrogens with zero attached hydrogens (tertiary/aromatic N) is 4. The van der Waals surface area contributed by atoms with E-state index in [2.05, 4.69) is 16.7 Å². The second kappa shape index (κ2) is 14.5. The second-order valence-electron chi connectivity index (χ2n) is 11.4. The summed E-state index contributed by atoms with van der Waals surface area (Å²) in [6, 6.07) is 20.8. The summed E-state index contributed by atoms with van der Waals surface area (Å²) in [6.07, 6.45) is 3.01. The number of hydrogen-bond acceptors (Lipinski definition) is 7. The first-order chi connectivity index (χ1) is 21.4. The molecule has 2 aromatic carbocycles. The van der Waals surface area contributed by atoms with E-state index >= 15 is 0 Å². The zero-order valence-electron chi connectivity index (χ0n) is 24.8. The number of carbonyl (C=O) groups excluding carboxylic acids is 4. The molecule has 0 atom stereocenters. The van der Waals surface area contributed by atoms with Gasteiger partial charge in [0.1, 0.15) is 5.54 Å². The Bertz CT molecular complexity index is 1490. The maximum absolute atomic E-state index is 14.2. The number of carbonyl (C=O) groups is 4. The number of thiophene rings is 1. The molecule has 0 spiro atoms. The number of hydrogen-bond donors (Lipinski definition) is 2. The topological polar surface area (TPSA) is 126 Å². The van der Waals surface area contributed by atoms with Crippen LogP contribution in [-0.2, 0) is 16.0 Å². The number of benzene rings is 2. The molecule has 0 unspecified atom stereocenters. The summed E-state index contributed by atoms with van der Waals surface area (Å²) in [5, 5.41) is 15.7. The Morgan fingerprint density at radius 3 is 2.36 bits per heavy atom. The highest BCUT2D eigenvalue weighted by atomic mass is 32.1. The largest absolute Gasteiger partial charge is 0.340 e. The van der Waals surface area contributed by atoms with Crippen molar-refractivity contribution in [2.75, 3.05) is 45.8 Å². The second-order valence-corrected chi connectivity index (χ2v) is 12.5. The van der Waals surface area contributed by atoms with Gasteiger partial charge in [-0.25, -0.2) is 4.79 Å². The Hall–Kier alpha value is -4.27. The third-order valence-corrected chi connectivity index (χ3v) is 9.58. The molecule has 1 aliphatic heterocycles. The minimum Gasteiger partial charge on any atom is -0.340 e. The van der Waals surface area contributed by atoms with Crippen LogP contribution in [0.3, 0.4) is 0 Å². The van der Waals surface area contributed by atoms with Gasteiger partial charge in [-0.15, -0.1) is 11.3 Å². The van der Waals surface area contributed by atoms with Crippen LogP contribution in [-0.4, -0.2) is 89.8 Å². The molecule has 2 N–H and O–H groups in total. The molecule has 3 aromatic rings. The normalized spacial score (nSPS) is 16.3. The van der Waals surface area contributed by atoms with E-state index in [-0.39, 0.29) is 31.3 Å². The number of piperazine rings is 1. The summed E-state index contributed by atoms with van der Waals surface area (Å²) in [5.74, 6) is -0.810. The van der Waals surface area contributed by atoms with Gasteiger partial charge in [-0.2, -0.15) is 5.26 Å². The third kappa shape index (κ3) is 7.44. The lowest BCUT2D eigenvalue weighted by Crippen LogP contribution is -2.61. The van der Waals surface area contributed by atoms with Gasteiger partial charge in [0.25, 0.3) is 11.8 Å². The fourth-order valence-corrected chi connectivity index (χ4v) is 6.93. The molecule has 5 amide bonds. The predicted octanol–water partition coefficient (Wildman–Crippen LogP) is 3.78. The lowest BCUT2D eigenvalue weighted by Gasteiger charge is -2.34. The number of imide groups is 1. The van der Waals surface area contributed by atoms with Gasteiger partial charge >= 0.3 is 6.03 Å². The van der Waals surface area contributed by atoms with Gasteiger partial charge in [0.15, 0.2) is 0 Å². The van der Waals surface area contributed by atoms with Gasteiger partial charge in [0.2, 0.25) is 5.91 Å². The summed E-state index contributed by atoms with van der Waals surface area (Å²) < 4.78 is 0.993. The van der Waals surface area contributed by atoms with Crippen LogP contribution in [0, 0.1) is 11.3 Å². The van der Waals surface area contributed by atoms with Crippen LogP contribution in [0.2, 0.25) is 0 Å². The van der Waals surface area contributed by atoms with Gasteiger partial charge in [-0.3, -0.25) is 24.2 Å². The molecule has 2 aliphatic rings. The highest BCUT2D eigenvalue weighted by molar-refractivity contribution is 7.20. The minimum atomic E-state index is -1.18. The first-order valence-electron chi connectivity index (χ1n) is 15.2. The maximum atomic E-state index is 14.2. The molecule has 1 saturated heterocycles. The molecule has 5 rings (SSSR count). The molecule has 0 bridgehead atoms. The molecule has 44 heavy (non-hydrogen) atoms. The van der Waals surface area contributed by atoms with Crippen molar-refractivity contribution < 1.29 is 19.2 Å². The Kier molecular flexibility index (Phi) is 10.2. The van der Waals surface area contributed by atoms with Gasteiger partial charge < -0.3 is 15.5 Å². The smallest absolute Gasteiger partial charge is 0.324 e. The van der Waals surface area contributed by atoms with Crippen LogP contribution < -0.4 is 10.6 Å². The standard InChI is InChI=1S/C33H38N6O4S/c34-16-19-37-20-22-38(23-21-37)29(40)12-17-35-32(43)39(18-13-25-8-2-1-3-9-25)31(42)33(14-6-7-15-33)36-30(41)28-24-26-10-4-5-11-27(26)44-28/h1-5,8-11,24H,6-7,12-15,17-23H2,(H,35,43)(H,36,41). The molecule has 230 valence electrons. The highest BCUT2D eigenvalue weighted by Crippen LogP contribution is 2.33. The number of urea groups is 1. The van der Waals surface area contributed by atoms with Gasteiger partial charge in [0, 0.05) is 50.4 Å². The number of rotatable bonds is 10. The van der Waals surface area contributed by atoms with Crippen molar-refractivity contribution in [3.63, 3.8) is 0 Å². The minimum absolute atomic E-state index is 0.0769. The molecular weight excluding hydrogens is 576 g/mol. The van der Waals surface area contributed by atoms with Crippen LogP contribution in [0.15, 0.2) is 60.7 Å². The monoisotopic (exact) mass is 614 g/mol. The molecule has 1 aliphatic carbocycles. The molecule has 0 radical (unpaired) electrons. The van der Waals surface area contributed by atoms with Crippen LogP contribution in [0.4, 0.5) is 4.79 Å². The van der Waals surface area contributed by atoms with Crippen molar-refractivity contribution in [2.24, 2.45) is 0 Å². The van der Waals surface area contributed by atoms with E-state index in [0.29, 0.717) is 56.9 Å². The molecular formula is C33H38N6O4S. The van der Waals surface area contributed by atoms with Gasteiger partial charge in [0.05, 0.1) is 17.5 Å². The van der Waals surface area contributed by atoms with Crippen LogP contribution >= 0.6 is 11.3 Å². The fourth-order valence-electron chi connectivity index (χ4n) is 5.97. The van der Waals surface area contributed by atoms with E-state index in [1.54, 1.807) is 4.90 Å². The third-order valence-electron chi connectivity index (χ3n) is 8.46. The summed E-state index contributed by atoms with van der Waals surface area (Å²) in [4.78, 5) is 59.6. The fraction of sp³-hybridized carbons (Fsp3) is 0.424. The average Bonchev–Trinajstić information content (AvgIpc) is 3.70.